The number of nitrogens with one attached hydrogen (secondary N) is 1. The molecule has 0 spiro atoms. The van der Waals surface area contributed by atoms with Crippen LogP contribution in [0.4, 0.5) is 0 Å². The number of rotatable bonds is 13. The summed E-state index contributed by atoms with van der Waals surface area (Å²) < 4.78 is 11.4. The number of ether oxygens (including phenoxy) is 2. The summed E-state index contributed by atoms with van der Waals surface area (Å²) in [6, 6.07) is 20.2. The minimum Gasteiger partial charge on any atom is -0.359 e. The number of benzene rings is 2. The molecule has 37 heavy (non-hydrogen) atoms. The number of hydrogen-bond acceptors (Lipinski definition) is 5. The van der Waals surface area contributed by atoms with Crippen molar-refractivity contribution >= 4 is 14.0 Å². The third-order valence-electron chi connectivity index (χ3n) is 6.67. The molecular weight excluding hydrogens is 478 g/mol. The SMILES string of the molecule is CC[C@H](OCOC)[C@@H]1CC=C[C@H](C(=O)N[C@H](C)c2ccccc2)N1N(Cc1ccccc1)C[Si](C)(C)C. The number of carbonyl (C=O) groups excluding carboxylic acids is 1. The van der Waals surface area contributed by atoms with Gasteiger partial charge in [0.2, 0.25) is 5.91 Å². The lowest BCUT2D eigenvalue weighted by Gasteiger charge is -2.49. The zero-order valence-corrected chi connectivity index (χ0v) is 24.4. The summed E-state index contributed by atoms with van der Waals surface area (Å²) in [6.07, 6.45) is 6.73. The van der Waals surface area contributed by atoms with Crippen molar-refractivity contribution in [3.8, 4) is 0 Å². The zero-order chi connectivity index (χ0) is 26.8. The Hall–Kier alpha value is -2.29. The molecule has 0 saturated carbocycles. The highest BCUT2D eigenvalue weighted by Crippen LogP contribution is 2.28. The van der Waals surface area contributed by atoms with Crippen molar-refractivity contribution in [2.75, 3.05) is 20.1 Å². The molecule has 1 heterocycles. The first kappa shape index (κ1) is 29.3. The van der Waals surface area contributed by atoms with Crippen molar-refractivity contribution in [3.05, 3.63) is 83.9 Å². The Morgan fingerprint density at radius 3 is 2.35 bits per heavy atom. The van der Waals surface area contributed by atoms with Crippen LogP contribution >= 0.6 is 0 Å². The second-order valence-electron chi connectivity index (χ2n) is 11.1. The minimum atomic E-state index is -1.54. The lowest BCUT2D eigenvalue weighted by atomic mass is 9.97. The first-order chi connectivity index (χ1) is 17.7. The number of hydrogen-bond donors (Lipinski definition) is 1. The fourth-order valence-corrected chi connectivity index (χ4v) is 6.38. The lowest BCUT2D eigenvalue weighted by Crippen LogP contribution is -2.64. The summed E-state index contributed by atoms with van der Waals surface area (Å²) in [5.74, 6) is 0.00698. The highest BCUT2D eigenvalue weighted by atomic mass is 28.3. The molecule has 2 aromatic rings. The number of hydrazine groups is 1. The van der Waals surface area contributed by atoms with Gasteiger partial charge in [0.05, 0.1) is 26.3 Å². The van der Waals surface area contributed by atoms with Crippen LogP contribution in [0.3, 0.4) is 0 Å². The van der Waals surface area contributed by atoms with Gasteiger partial charge >= 0.3 is 0 Å². The molecule has 0 bridgehead atoms. The van der Waals surface area contributed by atoms with E-state index in [1.54, 1.807) is 7.11 Å². The first-order valence-electron chi connectivity index (χ1n) is 13.4. The molecule has 1 N–H and O–H groups in total. The van der Waals surface area contributed by atoms with Crippen LogP contribution in [0.15, 0.2) is 72.8 Å². The van der Waals surface area contributed by atoms with Crippen LogP contribution in [0.1, 0.15) is 43.9 Å². The van der Waals surface area contributed by atoms with Gasteiger partial charge in [-0.2, -0.15) is 0 Å². The Morgan fingerprint density at radius 2 is 1.76 bits per heavy atom. The van der Waals surface area contributed by atoms with Gasteiger partial charge in [0.1, 0.15) is 12.8 Å². The van der Waals surface area contributed by atoms with Crippen LogP contribution in [-0.2, 0) is 20.8 Å². The average Bonchev–Trinajstić information content (AvgIpc) is 2.89. The Bertz CT molecular complexity index is 981. The molecule has 0 radical (unpaired) electrons. The van der Waals surface area contributed by atoms with Gasteiger partial charge in [-0.15, -0.1) is 0 Å². The fourth-order valence-electron chi connectivity index (χ4n) is 5.01. The standard InChI is InChI=1S/C30H45N3O3Si/c1-7-29(36-23-35-3)27-19-14-20-28(30(34)31-24(2)26-17-12-9-13-18-26)33(27)32(22-37(4,5)6)21-25-15-10-8-11-16-25/h8-18,20,24,27-29H,7,19,21-23H2,1-6H3,(H,31,34)/t24-,27+,28-,29+/m1/s1. The molecule has 0 aromatic heterocycles. The molecule has 1 aliphatic heterocycles. The van der Waals surface area contributed by atoms with Crippen molar-refractivity contribution in [2.24, 2.45) is 0 Å². The Labute approximate surface area is 224 Å². The topological polar surface area (TPSA) is 54.0 Å². The smallest absolute Gasteiger partial charge is 0.243 e. The number of carbonyl (C=O) groups is 1. The average molecular weight is 524 g/mol. The highest BCUT2D eigenvalue weighted by molar-refractivity contribution is 6.76. The fraction of sp³-hybridized carbons (Fsp3) is 0.500. The summed E-state index contributed by atoms with van der Waals surface area (Å²) in [6.45, 7) is 12.3. The van der Waals surface area contributed by atoms with E-state index in [0.717, 1.165) is 31.1 Å². The van der Waals surface area contributed by atoms with Gasteiger partial charge in [-0.25, -0.2) is 10.0 Å². The Balaban J connectivity index is 1.98. The van der Waals surface area contributed by atoms with Crippen LogP contribution in [0.25, 0.3) is 0 Å². The molecule has 0 saturated heterocycles. The molecule has 1 aliphatic rings. The van der Waals surface area contributed by atoms with Crippen LogP contribution in [0.2, 0.25) is 19.6 Å². The van der Waals surface area contributed by atoms with E-state index in [-0.39, 0.29) is 30.9 Å². The van der Waals surface area contributed by atoms with Crippen LogP contribution in [0, 0.1) is 0 Å². The first-order valence-corrected chi connectivity index (χ1v) is 17.1. The molecule has 1 amide bonds. The van der Waals surface area contributed by atoms with Crippen molar-refractivity contribution in [3.63, 3.8) is 0 Å². The predicted octanol–water partition coefficient (Wildman–Crippen LogP) is 5.56. The van der Waals surface area contributed by atoms with Crippen LogP contribution in [0.5, 0.6) is 0 Å². The molecule has 0 fully saturated rings. The van der Waals surface area contributed by atoms with Gasteiger partial charge in [0, 0.05) is 19.8 Å². The van der Waals surface area contributed by atoms with Gasteiger partial charge in [0.15, 0.2) is 0 Å². The summed E-state index contributed by atoms with van der Waals surface area (Å²) >= 11 is 0. The molecule has 2 aromatic carbocycles. The second-order valence-corrected chi connectivity index (χ2v) is 16.5. The summed E-state index contributed by atoms with van der Waals surface area (Å²) in [4.78, 5) is 13.9. The van der Waals surface area contributed by atoms with E-state index in [1.807, 2.05) is 31.2 Å². The van der Waals surface area contributed by atoms with E-state index in [9.17, 15) is 4.79 Å². The normalized spacial score (nSPS) is 20.1. The van der Waals surface area contributed by atoms with Crippen molar-refractivity contribution in [1.29, 1.82) is 0 Å². The number of amides is 1. The minimum absolute atomic E-state index is 0.00698. The molecule has 0 aliphatic carbocycles. The molecule has 7 heteroatoms. The van der Waals surface area contributed by atoms with E-state index >= 15 is 0 Å². The van der Waals surface area contributed by atoms with Gasteiger partial charge in [0.25, 0.3) is 0 Å². The molecule has 3 rings (SSSR count). The molecule has 6 nitrogen and oxygen atoms in total. The van der Waals surface area contributed by atoms with E-state index in [2.05, 4.69) is 90.4 Å². The monoisotopic (exact) mass is 523 g/mol. The predicted molar refractivity (Wildman–Crippen MR) is 153 cm³/mol. The van der Waals surface area contributed by atoms with E-state index in [0.29, 0.717) is 0 Å². The Kier molecular flexibility index (Phi) is 11.1. The van der Waals surface area contributed by atoms with Crippen molar-refractivity contribution < 1.29 is 14.3 Å². The van der Waals surface area contributed by atoms with Crippen LogP contribution < -0.4 is 5.32 Å². The van der Waals surface area contributed by atoms with Gasteiger partial charge < -0.3 is 14.8 Å². The maximum atomic E-state index is 13.9. The van der Waals surface area contributed by atoms with E-state index in [4.69, 9.17) is 9.47 Å². The van der Waals surface area contributed by atoms with Gasteiger partial charge in [-0.3, -0.25) is 4.79 Å². The van der Waals surface area contributed by atoms with E-state index in [1.165, 1.54) is 5.56 Å². The molecule has 202 valence electrons. The van der Waals surface area contributed by atoms with Gasteiger partial charge in [-0.05, 0) is 30.9 Å². The number of nitrogens with zero attached hydrogens (tertiary/aromatic N) is 2. The maximum absolute atomic E-state index is 13.9. The molecule has 4 atom stereocenters. The largest absolute Gasteiger partial charge is 0.359 e. The van der Waals surface area contributed by atoms with Gasteiger partial charge in [-0.1, -0.05) is 99.4 Å². The summed E-state index contributed by atoms with van der Waals surface area (Å²) in [5, 5.41) is 8.03. The number of methoxy groups -OCH3 is 1. The summed E-state index contributed by atoms with van der Waals surface area (Å²) in [5.41, 5.74) is 2.33. The lowest BCUT2D eigenvalue weighted by molar-refractivity contribution is -0.165. The second kappa shape index (κ2) is 14.0. The van der Waals surface area contributed by atoms with E-state index < -0.39 is 14.1 Å². The Morgan fingerprint density at radius 1 is 1.11 bits per heavy atom. The van der Waals surface area contributed by atoms with Crippen LogP contribution in [-0.4, -0.2) is 62.3 Å². The third kappa shape index (κ3) is 8.62. The highest BCUT2D eigenvalue weighted by Gasteiger charge is 2.41. The third-order valence-corrected chi connectivity index (χ3v) is 7.98. The van der Waals surface area contributed by atoms with Crippen molar-refractivity contribution in [1.82, 2.24) is 15.3 Å². The molecule has 0 unspecified atom stereocenters. The molecular formula is C30H45N3O3Si. The summed E-state index contributed by atoms with van der Waals surface area (Å²) in [7, 11) is 0.108. The van der Waals surface area contributed by atoms with Crippen molar-refractivity contribution in [2.45, 2.75) is 77.1 Å². The maximum Gasteiger partial charge on any atom is 0.243 e. The quantitative estimate of drug-likeness (QED) is 0.212. The zero-order valence-electron chi connectivity index (χ0n) is 23.4.